The van der Waals surface area contributed by atoms with E-state index in [0.29, 0.717) is 0 Å². The Labute approximate surface area is 182 Å². The summed E-state index contributed by atoms with van der Waals surface area (Å²) in [7, 11) is 0. The van der Waals surface area contributed by atoms with Crippen LogP contribution in [-0.2, 0) is 5.54 Å². The first-order valence-electron chi connectivity index (χ1n) is 10.4. The molecule has 0 bridgehead atoms. The van der Waals surface area contributed by atoms with Gasteiger partial charge in [-0.1, -0.05) is 103 Å². The molecule has 0 unspecified atom stereocenters. The van der Waals surface area contributed by atoms with Crippen LogP contribution in [0, 0.1) is 0 Å². The molecule has 0 spiro atoms. The van der Waals surface area contributed by atoms with Crippen molar-refractivity contribution in [2.45, 2.75) is 5.54 Å². The summed E-state index contributed by atoms with van der Waals surface area (Å²) in [4.78, 5) is 0. The van der Waals surface area contributed by atoms with E-state index < -0.39 is 5.54 Å². The summed E-state index contributed by atoms with van der Waals surface area (Å²) in [5.41, 5.74) is 11.6. The van der Waals surface area contributed by atoms with Crippen molar-refractivity contribution in [3.8, 4) is 11.1 Å². The van der Waals surface area contributed by atoms with E-state index in [4.69, 9.17) is 10.8 Å². The molecular formula is C28H23N3. The van der Waals surface area contributed by atoms with Crippen molar-refractivity contribution in [3.63, 3.8) is 0 Å². The lowest BCUT2D eigenvalue weighted by Crippen LogP contribution is -2.38. The second kappa shape index (κ2) is 7.96. The summed E-state index contributed by atoms with van der Waals surface area (Å²) in [6, 6.07) is 39.6. The van der Waals surface area contributed by atoms with Crippen molar-refractivity contribution >= 4 is 5.69 Å². The molecular weight excluding hydrogens is 378 g/mol. The topological polar surface area (TPSA) is 43.8 Å². The lowest BCUT2D eigenvalue weighted by Gasteiger charge is -2.36. The SMILES string of the molecule is Nc1ccc(-c2cnn(C(c3ccccc3)(c3ccccc3)c3ccccc3)c2)cc1. The minimum absolute atomic E-state index is 0.601. The van der Waals surface area contributed by atoms with Gasteiger partial charge in [0.05, 0.1) is 6.20 Å². The average molecular weight is 402 g/mol. The number of nitrogens with two attached hydrogens (primary N) is 1. The van der Waals surface area contributed by atoms with Crippen LogP contribution in [0.15, 0.2) is 128 Å². The van der Waals surface area contributed by atoms with Gasteiger partial charge in [0, 0.05) is 17.4 Å². The van der Waals surface area contributed by atoms with E-state index in [9.17, 15) is 0 Å². The molecule has 0 amide bonds. The molecule has 0 fully saturated rings. The molecule has 3 heteroatoms. The van der Waals surface area contributed by atoms with Gasteiger partial charge >= 0.3 is 0 Å². The van der Waals surface area contributed by atoms with Crippen LogP contribution in [0.2, 0.25) is 0 Å². The Hall–Kier alpha value is -4.11. The van der Waals surface area contributed by atoms with Gasteiger partial charge in [0.1, 0.15) is 5.54 Å². The maximum absolute atomic E-state index is 5.89. The highest BCUT2D eigenvalue weighted by atomic mass is 15.3. The first kappa shape index (κ1) is 18.9. The first-order chi connectivity index (χ1) is 15.3. The van der Waals surface area contributed by atoms with E-state index in [-0.39, 0.29) is 0 Å². The fourth-order valence-electron chi connectivity index (χ4n) is 4.27. The van der Waals surface area contributed by atoms with Gasteiger partial charge in [0.15, 0.2) is 0 Å². The number of rotatable bonds is 5. The molecule has 0 atom stereocenters. The lowest BCUT2D eigenvalue weighted by atomic mass is 9.77. The summed E-state index contributed by atoms with van der Waals surface area (Å²) in [6.07, 6.45) is 4.05. The normalized spacial score (nSPS) is 11.4. The predicted octanol–water partition coefficient (Wildman–Crippen LogP) is 5.97. The highest BCUT2D eigenvalue weighted by Gasteiger charge is 2.39. The highest BCUT2D eigenvalue weighted by molar-refractivity contribution is 5.64. The zero-order valence-corrected chi connectivity index (χ0v) is 17.1. The summed E-state index contributed by atoms with van der Waals surface area (Å²) in [6.45, 7) is 0. The van der Waals surface area contributed by atoms with E-state index in [1.165, 1.54) is 0 Å². The van der Waals surface area contributed by atoms with Crippen LogP contribution in [0.5, 0.6) is 0 Å². The lowest BCUT2D eigenvalue weighted by molar-refractivity contribution is 0.460. The molecule has 0 aliphatic carbocycles. The van der Waals surface area contributed by atoms with Gasteiger partial charge < -0.3 is 5.73 Å². The molecule has 5 rings (SSSR count). The maximum Gasteiger partial charge on any atom is 0.138 e. The van der Waals surface area contributed by atoms with Crippen molar-refractivity contribution in [2.24, 2.45) is 0 Å². The van der Waals surface area contributed by atoms with Crippen molar-refractivity contribution in [1.82, 2.24) is 9.78 Å². The van der Waals surface area contributed by atoms with Crippen LogP contribution >= 0.6 is 0 Å². The number of nitrogen functional groups attached to an aromatic ring is 1. The molecule has 3 nitrogen and oxygen atoms in total. The number of hydrogen-bond donors (Lipinski definition) is 1. The summed E-state index contributed by atoms with van der Waals surface area (Å²) in [5.74, 6) is 0. The van der Waals surface area contributed by atoms with Gasteiger partial charge in [-0.3, -0.25) is 4.68 Å². The third-order valence-electron chi connectivity index (χ3n) is 5.74. The Morgan fingerprint density at radius 1 is 0.548 bits per heavy atom. The average Bonchev–Trinajstić information content (AvgIpc) is 3.33. The van der Waals surface area contributed by atoms with Crippen LogP contribution in [-0.4, -0.2) is 9.78 Å². The third-order valence-corrected chi connectivity index (χ3v) is 5.74. The fraction of sp³-hybridized carbons (Fsp3) is 0.0357. The second-order valence-corrected chi connectivity index (χ2v) is 7.60. The monoisotopic (exact) mass is 401 g/mol. The van der Waals surface area contributed by atoms with E-state index in [1.807, 2.05) is 48.7 Å². The highest BCUT2D eigenvalue weighted by Crippen LogP contribution is 2.41. The molecule has 150 valence electrons. The summed E-state index contributed by atoms with van der Waals surface area (Å²) < 4.78 is 2.08. The molecule has 1 heterocycles. The number of hydrogen-bond acceptors (Lipinski definition) is 2. The van der Waals surface area contributed by atoms with Gasteiger partial charge in [-0.15, -0.1) is 0 Å². The van der Waals surface area contributed by atoms with Gasteiger partial charge in [-0.05, 0) is 34.4 Å². The molecule has 4 aromatic carbocycles. The number of aromatic nitrogens is 2. The minimum Gasteiger partial charge on any atom is -0.399 e. The van der Waals surface area contributed by atoms with Gasteiger partial charge in [0.25, 0.3) is 0 Å². The van der Waals surface area contributed by atoms with E-state index in [1.54, 1.807) is 0 Å². The quantitative estimate of drug-likeness (QED) is 0.291. The Bertz CT molecular complexity index is 1160. The van der Waals surface area contributed by atoms with Crippen LogP contribution in [0.3, 0.4) is 0 Å². The van der Waals surface area contributed by atoms with Gasteiger partial charge in [-0.2, -0.15) is 5.10 Å². The predicted molar refractivity (Wildman–Crippen MR) is 127 cm³/mol. The molecule has 5 aromatic rings. The van der Waals surface area contributed by atoms with Crippen molar-refractivity contribution in [1.29, 1.82) is 0 Å². The Morgan fingerprint density at radius 2 is 1.00 bits per heavy atom. The smallest absolute Gasteiger partial charge is 0.138 e. The van der Waals surface area contributed by atoms with Crippen LogP contribution in [0.4, 0.5) is 5.69 Å². The standard InChI is InChI=1S/C28H23N3/c29-27-18-16-22(17-19-27)23-20-30-31(21-23)28(24-10-4-1-5-11-24,25-12-6-2-7-13-25)26-14-8-3-9-15-26/h1-21H,29H2. The molecule has 0 radical (unpaired) electrons. The second-order valence-electron chi connectivity index (χ2n) is 7.60. The van der Waals surface area contributed by atoms with E-state index in [2.05, 4.69) is 83.7 Å². The zero-order chi connectivity index (χ0) is 21.1. The van der Waals surface area contributed by atoms with E-state index in [0.717, 1.165) is 33.5 Å². The summed E-state index contributed by atoms with van der Waals surface area (Å²) in [5, 5.41) is 4.90. The van der Waals surface area contributed by atoms with Crippen molar-refractivity contribution in [3.05, 3.63) is 144 Å². The first-order valence-corrected chi connectivity index (χ1v) is 10.4. The largest absolute Gasteiger partial charge is 0.399 e. The summed E-state index contributed by atoms with van der Waals surface area (Å²) >= 11 is 0. The van der Waals surface area contributed by atoms with Crippen molar-refractivity contribution < 1.29 is 0 Å². The molecule has 2 N–H and O–H groups in total. The number of nitrogens with zero attached hydrogens (tertiary/aromatic N) is 2. The minimum atomic E-state index is -0.601. The third kappa shape index (κ3) is 3.30. The van der Waals surface area contributed by atoms with Crippen LogP contribution < -0.4 is 5.73 Å². The molecule has 0 aliphatic heterocycles. The van der Waals surface area contributed by atoms with Gasteiger partial charge in [0.2, 0.25) is 0 Å². The Balaban J connectivity index is 1.80. The molecule has 0 aliphatic rings. The zero-order valence-electron chi connectivity index (χ0n) is 17.1. The van der Waals surface area contributed by atoms with Gasteiger partial charge in [-0.25, -0.2) is 0 Å². The molecule has 0 saturated heterocycles. The Morgan fingerprint density at radius 3 is 1.45 bits per heavy atom. The maximum atomic E-state index is 5.89. The number of benzene rings is 4. The van der Waals surface area contributed by atoms with E-state index >= 15 is 0 Å². The Kier molecular flexibility index (Phi) is 4.85. The fourth-order valence-corrected chi connectivity index (χ4v) is 4.27. The number of anilines is 1. The molecule has 1 aromatic heterocycles. The van der Waals surface area contributed by atoms with Crippen molar-refractivity contribution in [2.75, 3.05) is 5.73 Å². The molecule has 0 saturated carbocycles. The van der Waals surface area contributed by atoms with Crippen LogP contribution in [0.25, 0.3) is 11.1 Å². The van der Waals surface area contributed by atoms with Crippen LogP contribution in [0.1, 0.15) is 16.7 Å². The molecule has 31 heavy (non-hydrogen) atoms.